The minimum atomic E-state index is -0.794. The predicted octanol–water partition coefficient (Wildman–Crippen LogP) is 3.02. The molecule has 2 fully saturated rings. The Bertz CT molecular complexity index is 1170. The highest BCUT2D eigenvalue weighted by molar-refractivity contribution is 6.46. The lowest BCUT2D eigenvalue weighted by atomic mass is 9.95. The number of benzene rings is 2. The Morgan fingerprint density at radius 3 is 2.41 bits per heavy atom. The van der Waals surface area contributed by atoms with E-state index in [4.69, 9.17) is 18.9 Å². The summed E-state index contributed by atoms with van der Waals surface area (Å²) in [5.41, 5.74) is 1.06. The third-order valence-electron chi connectivity index (χ3n) is 6.52. The highest BCUT2D eigenvalue weighted by atomic mass is 16.5. The number of hydrogen-bond donors (Lipinski definition) is 1. The van der Waals surface area contributed by atoms with Gasteiger partial charge in [0.05, 0.1) is 39.0 Å². The van der Waals surface area contributed by atoms with E-state index in [0.29, 0.717) is 61.3 Å². The molecule has 1 atom stereocenters. The van der Waals surface area contributed by atoms with Crippen molar-refractivity contribution in [1.29, 1.82) is 0 Å². The van der Waals surface area contributed by atoms with E-state index in [1.54, 1.807) is 48.5 Å². The second-order valence-corrected chi connectivity index (χ2v) is 8.68. The first-order chi connectivity index (χ1) is 18.0. The van der Waals surface area contributed by atoms with Crippen molar-refractivity contribution in [1.82, 2.24) is 9.80 Å². The second kappa shape index (κ2) is 11.9. The van der Waals surface area contributed by atoms with Crippen LogP contribution >= 0.6 is 0 Å². The molecule has 0 aliphatic carbocycles. The molecule has 2 aliphatic rings. The Balaban J connectivity index is 1.74. The summed E-state index contributed by atoms with van der Waals surface area (Å²) in [6, 6.07) is 11.1. The molecule has 2 aliphatic heterocycles. The number of rotatable bonds is 10. The van der Waals surface area contributed by atoms with Crippen molar-refractivity contribution in [3.05, 3.63) is 71.8 Å². The first-order valence-corrected chi connectivity index (χ1v) is 12.1. The van der Waals surface area contributed by atoms with E-state index in [1.165, 1.54) is 19.1 Å². The van der Waals surface area contributed by atoms with E-state index in [-0.39, 0.29) is 11.3 Å². The smallest absolute Gasteiger partial charge is 0.295 e. The molecule has 0 unspecified atom stereocenters. The number of ketones is 1. The molecule has 2 aromatic rings. The molecular weight excluding hydrogens is 476 g/mol. The van der Waals surface area contributed by atoms with Crippen molar-refractivity contribution in [2.24, 2.45) is 0 Å². The zero-order chi connectivity index (χ0) is 26.4. The summed E-state index contributed by atoms with van der Waals surface area (Å²) in [4.78, 5) is 30.3. The lowest BCUT2D eigenvalue weighted by Crippen LogP contribution is -2.42. The largest absolute Gasteiger partial charge is 0.507 e. The summed E-state index contributed by atoms with van der Waals surface area (Å²) in [5.74, 6) is -0.0537. The van der Waals surface area contributed by atoms with Crippen LogP contribution in [0.15, 0.2) is 60.7 Å². The van der Waals surface area contributed by atoms with Crippen LogP contribution in [0.3, 0.4) is 0 Å². The molecule has 0 radical (unpaired) electrons. The maximum Gasteiger partial charge on any atom is 0.295 e. The number of likely N-dealkylation sites (tertiary alicyclic amines) is 1. The quantitative estimate of drug-likeness (QED) is 0.226. The topological polar surface area (TPSA) is 97.8 Å². The number of carbonyl (C=O) groups excluding carboxylic acids is 2. The number of ether oxygens (including phenoxy) is 4. The number of amides is 1. The lowest BCUT2D eigenvalue weighted by Gasteiger charge is -2.31. The van der Waals surface area contributed by atoms with Gasteiger partial charge in [-0.15, -0.1) is 0 Å². The Morgan fingerprint density at radius 1 is 1.05 bits per heavy atom. The van der Waals surface area contributed by atoms with Gasteiger partial charge in [-0.1, -0.05) is 18.7 Å². The van der Waals surface area contributed by atoms with Gasteiger partial charge >= 0.3 is 0 Å². The van der Waals surface area contributed by atoms with Crippen LogP contribution in [0.1, 0.15) is 17.2 Å². The fraction of sp³-hybridized carbons (Fsp3) is 0.357. The van der Waals surface area contributed by atoms with Crippen LogP contribution in [0.2, 0.25) is 0 Å². The van der Waals surface area contributed by atoms with Crippen molar-refractivity contribution < 1.29 is 33.6 Å². The first kappa shape index (κ1) is 26.2. The minimum absolute atomic E-state index is 0.0268. The Kier molecular flexibility index (Phi) is 8.47. The van der Waals surface area contributed by atoms with Gasteiger partial charge in [0.2, 0.25) is 0 Å². The predicted molar refractivity (Wildman–Crippen MR) is 138 cm³/mol. The highest BCUT2D eigenvalue weighted by Gasteiger charge is 2.46. The molecule has 37 heavy (non-hydrogen) atoms. The standard InChI is InChI=1S/C28H32N2O7/c1-4-15-37-21-8-5-19(6-9-21)26(31)24-25(20-7-10-22(34-2)23(18-20)35-3)30(28(33)27(24)32)12-11-29-13-16-36-17-14-29/h4-10,18,25,31H,1,11-17H2,2-3H3/t25-/m1/s1. The van der Waals surface area contributed by atoms with Crippen molar-refractivity contribution in [3.8, 4) is 17.2 Å². The average Bonchev–Trinajstić information content (AvgIpc) is 3.20. The number of Topliss-reactive ketones (excluding diaryl/α,β-unsaturated/α-hetero) is 1. The van der Waals surface area contributed by atoms with Gasteiger partial charge in [0.15, 0.2) is 11.5 Å². The Hall–Kier alpha value is -3.82. The van der Waals surface area contributed by atoms with E-state index in [9.17, 15) is 14.7 Å². The van der Waals surface area contributed by atoms with Crippen molar-refractivity contribution in [2.75, 3.05) is 60.2 Å². The summed E-state index contributed by atoms with van der Waals surface area (Å²) in [5, 5.41) is 11.3. The fourth-order valence-electron chi connectivity index (χ4n) is 4.57. The maximum atomic E-state index is 13.3. The number of carbonyl (C=O) groups is 2. The van der Waals surface area contributed by atoms with Crippen LogP contribution in [-0.4, -0.2) is 86.8 Å². The van der Waals surface area contributed by atoms with Crippen molar-refractivity contribution >= 4 is 17.4 Å². The van der Waals surface area contributed by atoms with Gasteiger partial charge < -0.3 is 29.0 Å². The molecule has 0 spiro atoms. The molecule has 0 bridgehead atoms. The van der Waals surface area contributed by atoms with Gasteiger partial charge in [-0.3, -0.25) is 14.5 Å². The molecule has 1 N–H and O–H groups in total. The van der Waals surface area contributed by atoms with Gasteiger partial charge in [-0.25, -0.2) is 0 Å². The number of aliphatic hydroxyl groups is 1. The number of morpholine rings is 1. The van der Waals surface area contributed by atoms with Crippen LogP contribution < -0.4 is 14.2 Å². The van der Waals surface area contributed by atoms with Crippen LogP contribution in [-0.2, 0) is 14.3 Å². The first-order valence-electron chi connectivity index (χ1n) is 12.1. The molecule has 9 heteroatoms. The minimum Gasteiger partial charge on any atom is -0.507 e. The van der Waals surface area contributed by atoms with Crippen LogP contribution in [0.4, 0.5) is 0 Å². The number of aliphatic hydroxyl groups excluding tert-OH is 1. The highest BCUT2D eigenvalue weighted by Crippen LogP contribution is 2.42. The summed E-state index contributed by atoms with van der Waals surface area (Å²) in [6.45, 7) is 7.64. The molecule has 1 amide bonds. The summed E-state index contributed by atoms with van der Waals surface area (Å²) >= 11 is 0. The van der Waals surface area contributed by atoms with Gasteiger partial charge in [-0.05, 0) is 42.0 Å². The van der Waals surface area contributed by atoms with E-state index in [0.717, 1.165) is 13.1 Å². The third-order valence-corrected chi connectivity index (χ3v) is 6.52. The summed E-state index contributed by atoms with van der Waals surface area (Å²) < 4.78 is 21.8. The lowest BCUT2D eigenvalue weighted by molar-refractivity contribution is -0.140. The fourth-order valence-corrected chi connectivity index (χ4v) is 4.57. The van der Waals surface area contributed by atoms with Crippen LogP contribution in [0, 0.1) is 0 Å². The summed E-state index contributed by atoms with van der Waals surface area (Å²) in [7, 11) is 3.06. The molecule has 9 nitrogen and oxygen atoms in total. The molecular formula is C28H32N2O7. The van der Waals surface area contributed by atoms with Crippen molar-refractivity contribution in [2.45, 2.75) is 6.04 Å². The molecule has 0 aromatic heterocycles. The van der Waals surface area contributed by atoms with E-state index in [2.05, 4.69) is 11.5 Å². The molecule has 0 saturated carbocycles. The molecule has 2 aromatic carbocycles. The number of methoxy groups -OCH3 is 2. The van der Waals surface area contributed by atoms with Gasteiger partial charge in [-0.2, -0.15) is 0 Å². The van der Waals surface area contributed by atoms with Gasteiger partial charge in [0.25, 0.3) is 11.7 Å². The monoisotopic (exact) mass is 508 g/mol. The van der Waals surface area contributed by atoms with E-state index >= 15 is 0 Å². The normalized spacial score (nSPS) is 19.6. The Labute approximate surface area is 216 Å². The second-order valence-electron chi connectivity index (χ2n) is 8.68. The SMILES string of the molecule is C=CCOc1ccc(C(O)=C2C(=O)C(=O)N(CCN3CCOCC3)[C@@H]2c2ccc(OC)c(OC)c2)cc1. The van der Waals surface area contributed by atoms with Crippen molar-refractivity contribution in [3.63, 3.8) is 0 Å². The van der Waals surface area contributed by atoms with Crippen LogP contribution in [0.25, 0.3) is 5.76 Å². The van der Waals surface area contributed by atoms with Crippen LogP contribution in [0.5, 0.6) is 17.2 Å². The number of nitrogens with zero attached hydrogens (tertiary/aromatic N) is 2. The molecule has 4 rings (SSSR count). The summed E-state index contributed by atoms with van der Waals surface area (Å²) in [6.07, 6.45) is 1.63. The molecule has 2 heterocycles. The molecule has 196 valence electrons. The number of hydrogen-bond acceptors (Lipinski definition) is 8. The zero-order valence-corrected chi connectivity index (χ0v) is 21.1. The van der Waals surface area contributed by atoms with E-state index in [1.807, 2.05) is 0 Å². The maximum absolute atomic E-state index is 13.3. The zero-order valence-electron chi connectivity index (χ0n) is 21.1. The Morgan fingerprint density at radius 2 is 1.76 bits per heavy atom. The van der Waals surface area contributed by atoms with Gasteiger partial charge in [0, 0.05) is 31.7 Å². The van der Waals surface area contributed by atoms with Gasteiger partial charge in [0.1, 0.15) is 18.1 Å². The average molecular weight is 509 g/mol. The molecule has 2 saturated heterocycles. The third kappa shape index (κ3) is 5.63. The van der Waals surface area contributed by atoms with E-state index < -0.39 is 17.7 Å².